The largest absolute Gasteiger partial charge is 0.331 e. The van der Waals surface area contributed by atoms with E-state index in [1.165, 1.54) is 0 Å². The van der Waals surface area contributed by atoms with Crippen LogP contribution in [0.2, 0.25) is 5.02 Å². The normalized spacial score (nSPS) is 20.5. The molecule has 1 unspecified atom stereocenters. The molecule has 1 fully saturated rings. The molecule has 1 aliphatic heterocycles. The molecule has 1 heterocycles. The fourth-order valence-electron chi connectivity index (χ4n) is 3.08. The SMILES string of the molecule is CN1C(=N)C(C=NC2CC2)C(=O)N(c2ccccc2)c2cc(Cl)ccc21. The molecule has 0 bridgehead atoms. The summed E-state index contributed by atoms with van der Waals surface area (Å²) in [6.45, 7) is 0. The third-order valence-corrected chi connectivity index (χ3v) is 4.92. The number of hydrogen-bond donors (Lipinski definition) is 1. The van der Waals surface area contributed by atoms with E-state index >= 15 is 0 Å². The molecule has 2 aromatic carbocycles. The zero-order valence-corrected chi connectivity index (χ0v) is 15.1. The van der Waals surface area contributed by atoms with Crippen LogP contribution in [0.4, 0.5) is 17.1 Å². The Balaban J connectivity index is 1.88. The highest BCUT2D eigenvalue weighted by molar-refractivity contribution is 6.32. The third-order valence-electron chi connectivity index (χ3n) is 4.69. The number of amides is 1. The molecule has 1 atom stereocenters. The predicted molar refractivity (Wildman–Crippen MR) is 106 cm³/mol. The minimum absolute atomic E-state index is 0.196. The fraction of sp³-hybridized carbons (Fsp3) is 0.250. The Bertz CT molecular complexity index is 892. The summed E-state index contributed by atoms with van der Waals surface area (Å²) < 4.78 is 0. The molecule has 0 spiro atoms. The van der Waals surface area contributed by atoms with E-state index in [2.05, 4.69) is 4.99 Å². The highest BCUT2D eigenvalue weighted by Crippen LogP contribution is 2.40. The minimum Gasteiger partial charge on any atom is -0.331 e. The van der Waals surface area contributed by atoms with Crippen LogP contribution >= 0.6 is 11.6 Å². The number of carbonyl (C=O) groups excluding carboxylic acids is 1. The van der Waals surface area contributed by atoms with E-state index in [9.17, 15) is 4.79 Å². The van der Waals surface area contributed by atoms with Crippen LogP contribution in [0.25, 0.3) is 0 Å². The number of nitrogens with one attached hydrogen (secondary N) is 1. The van der Waals surface area contributed by atoms with Crippen molar-refractivity contribution in [2.45, 2.75) is 18.9 Å². The van der Waals surface area contributed by atoms with E-state index in [0.717, 1.165) is 24.2 Å². The Morgan fingerprint density at radius 2 is 1.88 bits per heavy atom. The van der Waals surface area contributed by atoms with Crippen molar-refractivity contribution in [3.8, 4) is 0 Å². The zero-order chi connectivity index (χ0) is 18.3. The number of para-hydroxylation sites is 1. The Morgan fingerprint density at radius 3 is 2.58 bits per heavy atom. The summed E-state index contributed by atoms with van der Waals surface area (Å²) in [5.41, 5.74) is 2.18. The van der Waals surface area contributed by atoms with Crippen LogP contribution in [0.15, 0.2) is 53.5 Å². The van der Waals surface area contributed by atoms with Crippen molar-refractivity contribution in [3.63, 3.8) is 0 Å². The number of halogens is 1. The van der Waals surface area contributed by atoms with Gasteiger partial charge < -0.3 is 4.90 Å². The maximum Gasteiger partial charge on any atom is 0.247 e. The van der Waals surface area contributed by atoms with Crippen LogP contribution < -0.4 is 9.80 Å². The highest BCUT2D eigenvalue weighted by Gasteiger charge is 2.37. The molecule has 1 aliphatic carbocycles. The van der Waals surface area contributed by atoms with Gasteiger partial charge in [0.05, 0.1) is 11.4 Å². The fourth-order valence-corrected chi connectivity index (χ4v) is 3.25. The van der Waals surface area contributed by atoms with E-state index in [-0.39, 0.29) is 11.7 Å². The summed E-state index contributed by atoms with van der Waals surface area (Å²) in [5, 5.41) is 9.12. The topological polar surface area (TPSA) is 59.8 Å². The van der Waals surface area contributed by atoms with Crippen molar-refractivity contribution in [2.24, 2.45) is 10.9 Å². The maximum atomic E-state index is 13.4. The van der Waals surface area contributed by atoms with Gasteiger partial charge in [-0.2, -0.15) is 0 Å². The molecular weight excluding hydrogens is 348 g/mol. The predicted octanol–water partition coefficient (Wildman–Crippen LogP) is 4.28. The van der Waals surface area contributed by atoms with Crippen LogP contribution in [0.5, 0.6) is 0 Å². The van der Waals surface area contributed by atoms with Crippen LogP contribution in [0.3, 0.4) is 0 Å². The number of rotatable bonds is 3. The number of aliphatic imine (C=N–C) groups is 1. The summed E-state index contributed by atoms with van der Waals surface area (Å²) >= 11 is 6.23. The third kappa shape index (κ3) is 2.99. The summed E-state index contributed by atoms with van der Waals surface area (Å²) in [7, 11) is 1.80. The van der Waals surface area contributed by atoms with Gasteiger partial charge in [-0.15, -0.1) is 0 Å². The minimum atomic E-state index is -0.730. The maximum absolute atomic E-state index is 13.4. The number of anilines is 3. The smallest absolute Gasteiger partial charge is 0.247 e. The number of fused-ring (bicyclic) bond motifs is 1. The first kappa shape index (κ1) is 16.8. The molecule has 6 heteroatoms. The van der Waals surface area contributed by atoms with Crippen molar-refractivity contribution in [1.82, 2.24) is 0 Å². The molecule has 1 saturated carbocycles. The number of carbonyl (C=O) groups is 1. The second-order valence-electron chi connectivity index (χ2n) is 6.59. The lowest BCUT2D eigenvalue weighted by Gasteiger charge is -2.24. The van der Waals surface area contributed by atoms with Gasteiger partial charge in [-0.05, 0) is 43.2 Å². The summed E-state index contributed by atoms with van der Waals surface area (Å²) in [6.07, 6.45) is 3.75. The number of benzene rings is 2. The monoisotopic (exact) mass is 366 g/mol. The van der Waals surface area contributed by atoms with Gasteiger partial charge in [-0.3, -0.25) is 20.1 Å². The van der Waals surface area contributed by atoms with Gasteiger partial charge in [0.1, 0.15) is 11.8 Å². The van der Waals surface area contributed by atoms with Crippen molar-refractivity contribution in [1.29, 1.82) is 5.41 Å². The summed E-state index contributed by atoms with van der Waals surface area (Å²) in [6, 6.07) is 15.1. The van der Waals surface area contributed by atoms with Gasteiger partial charge in [0, 0.05) is 30.0 Å². The van der Waals surface area contributed by atoms with Crippen LogP contribution in [0, 0.1) is 11.3 Å². The summed E-state index contributed by atoms with van der Waals surface area (Å²) in [5.74, 6) is -0.716. The van der Waals surface area contributed by atoms with Crippen LogP contribution in [-0.2, 0) is 4.79 Å². The first-order valence-corrected chi connectivity index (χ1v) is 8.98. The Kier molecular flexibility index (Phi) is 4.24. The Morgan fingerprint density at radius 1 is 1.15 bits per heavy atom. The Hall–Kier alpha value is -2.66. The average molecular weight is 367 g/mol. The molecule has 4 rings (SSSR count). The molecule has 0 aromatic heterocycles. The average Bonchev–Trinajstić information content (AvgIpc) is 3.47. The second kappa shape index (κ2) is 6.57. The van der Waals surface area contributed by atoms with Gasteiger partial charge in [0.2, 0.25) is 5.91 Å². The van der Waals surface area contributed by atoms with Gasteiger partial charge in [-0.25, -0.2) is 0 Å². The molecular formula is C20H19ClN4O. The van der Waals surface area contributed by atoms with Crippen molar-refractivity contribution in [3.05, 3.63) is 53.6 Å². The van der Waals surface area contributed by atoms with E-state index in [1.807, 2.05) is 36.4 Å². The molecule has 1 amide bonds. The van der Waals surface area contributed by atoms with E-state index in [1.54, 1.807) is 35.2 Å². The molecule has 132 valence electrons. The van der Waals surface area contributed by atoms with Gasteiger partial charge in [0.25, 0.3) is 0 Å². The van der Waals surface area contributed by atoms with E-state index < -0.39 is 5.92 Å². The molecule has 2 aromatic rings. The quantitative estimate of drug-likeness (QED) is 0.824. The lowest BCUT2D eigenvalue weighted by Crippen LogP contribution is -2.39. The first-order valence-electron chi connectivity index (χ1n) is 8.60. The molecule has 1 N–H and O–H groups in total. The summed E-state index contributed by atoms with van der Waals surface area (Å²) in [4.78, 5) is 21.3. The van der Waals surface area contributed by atoms with E-state index in [0.29, 0.717) is 16.8 Å². The number of nitrogens with zero attached hydrogens (tertiary/aromatic N) is 3. The van der Waals surface area contributed by atoms with Crippen LogP contribution in [0.1, 0.15) is 12.8 Å². The lowest BCUT2D eigenvalue weighted by atomic mass is 10.1. The first-order chi connectivity index (χ1) is 12.6. The van der Waals surface area contributed by atoms with Gasteiger partial charge >= 0.3 is 0 Å². The molecule has 0 radical (unpaired) electrons. The Labute approximate surface area is 157 Å². The van der Waals surface area contributed by atoms with Gasteiger partial charge in [-0.1, -0.05) is 29.8 Å². The molecule has 0 saturated heterocycles. The number of amidine groups is 1. The highest BCUT2D eigenvalue weighted by atomic mass is 35.5. The standard InChI is InChI=1S/C20H19ClN4O/c1-24-17-10-7-13(21)11-18(17)25(15-5-3-2-4-6-15)20(26)16(19(24)22)12-23-14-8-9-14/h2-7,10-12,14,16,22H,8-9H2,1H3. The van der Waals surface area contributed by atoms with Crippen molar-refractivity contribution < 1.29 is 4.79 Å². The van der Waals surface area contributed by atoms with Crippen molar-refractivity contribution >= 4 is 46.6 Å². The lowest BCUT2D eigenvalue weighted by molar-refractivity contribution is -0.118. The zero-order valence-electron chi connectivity index (χ0n) is 14.4. The van der Waals surface area contributed by atoms with Gasteiger partial charge in [0.15, 0.2) is 0 Å². The molecule has 26 heavy (non-hydrogen) atoms. The van der Waals surface area contributed by atoms with Crippen molar-refractivity contribution in [2.75, 3.05) is 16.8 Å². The second-order valence-corrected chi connectivity index (χ2v) is 7.03. The molecule has 5 nitrogen and oxygen atoms in total. The molecule has 2 aliphatic rings. The van der Waals surface area contributed by atoms with Crippen LogP contribution in [-0.4, -0.2) is 31.0 Å². The van der Waals surface area contributed by atoms with E-state index in [4.69, 9.17) is 17.0 Å². The number of hydrogen-bond acceptors (Lipinski definition) is 3.